The normalized spacial score (nSPS) is 11.5. The monoisotopic (exact) mass is 467 g/mol. The molecule has 32 heavy (non-hydrogen) atoms. The zero-order valence-electron chi connectivity index (χ0n) is 17.7. The summed E-state index contributed by atoms with van der Waals surface area (Å²) in [6.45, 7) is 3.57. The molecule has 0 aliphatic heterocycles. The van der Waals surface area contributed by atoms with Crippen LogP contribution in [0.2, 0.25) is 0 Å². The Morgan fingerprint density at radius 1 is 1.00 bits per heavy atom. The molecule has 0 saturated heterocycles. The Labute approximate surface area is 189 Å². The standard InChI is InChI=1S/C23H21N3O4S2/c1-14-7-10-17(11-8-14)32(29,30)25-19-6-4-5-18(15(19)2)22(27)24-16-9-12-20-21(13-16)31-23(28)26(20)3/h4-13,25H,1-3H3,(H,24,27). The highest BCUT2D eigenvalue weighted by atomic mass is 32.2. The molecule has 4 aromatic rings. The molecule has 7 nitrogen and oxygen atoms in total. The number of carbonyl (C=O) groups excluding carboxylic acids is 1. The van der Waals surface area contributed by atoms with Crippen LogP contribution >= 0.6 is 11.3 Å². The molecule has 4 rings (SSSR count). The number of hydrogen-bond donors (Lipinski definition) is 2. The van der Waals surface area contributed by atoms with Crippen molar-refractivity contribution in [2.45, 2.75) is 18.7 Å². The van der Waals surface area contributed by atoms with Crippen molar-refractivity contribution < 1.29 is 13.2 Å². The second kappa shape index (κ2) is 8.25. The molecule has 0 radical (unpaired) electrons. The summed E-state index contributed by atoms with van der Waals surface area (Å²) in [5.74, 6) is -0.374. The Kier molecular flexibility index (Phi) is 5.62. The first-order valence-electron chi connectivity index (χ1n) is 9.76. The number of nitrogens with zero attached hydrogens (tertiary/aromatic N) is 1. The SMILES string of the molecule is Cc1ccc(S(=O)(=O)Nc2cccc(C(=O)Nc3ccc4c(c3)sc(=O)n4C)c2C)cc1. The van der Waals surface area contributed by atoms with Crippen LogP contribution in [0.15, 0.2) is 70.4 Å². The Balaban J connectivity index is 1.59. The average Bonchev–Trinajstić information content (AvgIpc) is 3.02. The van der Waals surface area contributed by atoms with E-state index in [1.165, 1.54) is 12.1 Å². The van der Waals surface area contributed by atoms with Gasteiger partial charge in [0.1, 0.15) is 0 Å². The predicted octanol–water partition coefficient (Wildman–Crippen LogP) is 4.27. The van der Waals surface area contributed by atoms with Gasteiger partial charge < -0.3 is 9.88 Å². The van der Waals surface area contributed by atoms with Gasteiger partial charge in [-0.15, -0.1) is 0 Å². The van der Waals surface area contributed by atoms with Gasteiger partial charge in [0.05, 0.1) is 20.8 Å². The number of fused-ring (bicyclic) bond motifs is 1. The van der Waals surface area contributed by atoms with Crippen molar-refractivity contribution in [3.05, 3.63) is 87.0 Å². The third-order valence-electron chi connectivity index (χ3n) is 5.20. The number of hydrogen-bond acceptors (Lipinski definition) is 5. The van der Waals surface area contributed by atoms with Gasteiger partial charge in [-0.25, -0.2) is 8.42 Å². The molecule has 0 spiro atoms. The molecule has 0 aliphatic carbocycles. The number of nitrogens with one attached hydrogen (secondary N) is 2. The van der Waals surface area contributed by atoms with Gasteiger partial charge in [0.25, 0.3) is 15.9 Å². The fourth-order valence-corrected chi connectivity index (χ4v) is 5.37. The van der Waals surface area contributed by atoms with Crippen LogP contribution in [-0.2, 0) is 17.1 Å². The van der Waals surface area contributed by atoms with Crippen LogP contribution in [0.5, 0.6) is 0 Å². The lowest BCUT2D eigenvalue weighted by atomic mass is 10.1. The zero-order chi connectivity index (χ0) is 23.0. The van der Waals surface area contributed by atoms with Gasteiger partial charge in [-0.3, -0.25) is 14.3 Å². The molecule has 0 bridgehead atoms. The van der Waals surface area contributed by atoms with Crippen molar-refractivity contribution in [3.63, 3.8) is 0 Å². The minimum Gasteiger partial charge on any atom is -0.322 e. The smallest absolute Gasteiger partial charge is 0.307 e. The number of amides is 1. The summed E-state index contributed by atoms with van der Waals surface area (Å²) in [5.41, 5.74) is 3.48. The molecule has 1 amide bonds. The van der Waals surface area contributed by atoms with E-state index in [9.17, 15) is 18.0 Å². The average molecular weight is 468 g/mol. The largest absolute Gasteiger partial charge is 0.322 e. The molecule has 164 valence electrons. The summed E-state index contributed by atoms with van der Waals surface area (Å²) >= 11 is 1.11. The molecule has 0 atom stereocenters. The number of thiazole rings is 1. The Morgan fingerprint density at radius 3 is 2.44 bits per heavy atom. The number of aryl methyl sites for hydroxylation is 2. The van der Waals surface area contributed by atoms with Gasteiger partial charge in [-0.2, -0.15) is 0 Å². The van der Waals surface area contributed by atoms with Crippen molar-refractivity contribution >= 4 is 48.9 Å². The fraction of sp³-hybridized carbons (Fsp3) is 0.130. The summed E-state index contributed by atoms with van der Waals surface area (Å²) < 4.78 is 30.4. The third-order valence-corrected chi connectivity index (χ3v) is 7.58. The van der Waals surface area contributed by atoms with Crippen LogP contribution in [0.25, 0.3) is 10.2 Å². The van der Waals surface area contributed by atoms with Crippen LogP contribution in [0, 0.1) is 13.8 Å². The Morgan fingerprint density at radius 2 is 1.72 bits per heavy atom. The van der Waals surface area contributed by atoms with Crippen LogP contribution in [0.3, 0.4) is 0 Å². The summed E-state index contributed by atoms with van der Waals surface area (Å²) in [4.78, 5) is 24.8. The number of carbonyl (C=O) groups is 1. The van der Waals surface area contributed by atoms with Gasteiger partial charge in [-0.05, 0) is 61.9 Å². The minimum atomic E-state index is -3.79. The molecule has 1 heterocycles. The maximum absolute atomic E-state index is 12.9. The first kappa shape index (κ1) is 21.8. The van der Waals surface area contributed by atoms with Crippen molar-refractivity contribution in [2.24, 2.45) is 7.05 Å². The first-order chi connectivity index (χ1) is 15.2. The van der Waals surface area contributed by atoms with E-state index in [0.29, 0.717) is 22.5 Å². The molecule has 0 fully saturated rings. The molecule has 9 heteroatoms. The molecule has 1 aromatic heterocycles. The first-order valence-corrected chi connectivity index (χ1v) is 12.1. The van der Waals surface area contributed by atoms with E-state index >= 15 is 0 Å². The van der Waals surface area contributed by atoms with Crippen molar-refractivity contribution in [3.8, 4) is 0 Å². The summed E-state index contributed by atoms with van der Waals surface area (Å²) in [6.07, 6.45) is 0. The van der Waals surface area contributed by atoms with E-state index in [0.717, 1.165) is 27.1 Å². The lowest BCUT2D eigenvalue weighted by molar-refractivity contribution is 0.102. The van der Waals surface area contributed by atoms with Crippen molar-refractivity contribution in [1.29, 1.82) is 0 Å². The number of sulfonamides is 1. The Bertz CT molecular complexity index is 1500. The lowest BCUT2D eigenvalue weighted by Gasteiger charge is -2.14. The summed E-state index contributed by atoms with van der Waals surface area (Å²) in [7, 11) is -2.09. The number of aromatic nitrogens is 1. The highest BCUT2D eigenvalue weighted by molar-refractivity contribution is 7.92. The zero-order valence-corrected chi connectivity index (χ0v) is 19.3. The van der Waals surface area contributed by atoms with Gasteiger partial charge in [0.2, 0.25) is 0 Å². The van der Waals surface area contributed by atoms with Crippen molar-refractivity contribution in [1.82, 2.24) is 4.57 Å². The van der Waals surface area contributed by atoms with E-state index in [-0.39, 0.29) is 15.7 Å². The van der Waals surface area contributed by atoms with E-state index < -0.39 is 10.0 Å². The minimum absolute atomic E-state index is 0.0760. The molecule has 0 aliphatic rings. The lowest BCUT2D eigenvalue weighted by Crippen LogP contribution is -2.17. The van der Waals surface area contributed by atoms with Gasteiger partial charge in [0.15, 0.2) is 0 Å². The predicted molar refractivity (Wildman–Crippen MR) is 128 cm³/mol. The molecule has 0 unspecified atom stereocenters. The molecular weight excluding hydrogens is 446 g/mol. The van der Waals surface area contributed by atoms with Crippen molar-refractivity contribution in [2.75, 3.05) is 10.0 Å². The molecule has 3 aromatic carbocycles. The summed E-state index contributed by atoms with van der Waals surface area (Å²) in [6, 6.07) is 16.7. The van der Waals surface area contributed by atoms with E-state index in [4.69, 9.17) is 0 Å². The van der Waals surface area contributed by atoms with Crippen LogP contribution < -0.4 is 14.9 Å². The molecular formula is C23H21N3O4S2. The fourth-order valence-electron chi connectivity index (χ4n) is 3.32. The van der Waals surface area contributed by atoms with Gasteiger partial charge in [0, 0.05) is 18.3 Å². The maximum atomic E-state index is 12.9. The van der Waals surface area contributed by atoms with Crippen LogP contribution in [-0.4, -0.2) is 18.9 Å². The van der Waals surface area contributed by atoms with E-state index in [1.807, 2.05) is 6.92 Å². The van der Waals surface area contributed by atoms with E-state index in [1.54, 1.807) is 67.1 Å². The second-order valence-corrected chi connectivity index (χ2v) is 10.1. The summed E-state index contributed by atoms with van der Waals surface area (Å²) in [5, 5.41) is 2.83. The second-order valence-electron chi connectivity index (χ2n) is 7.46. The molecule has 2 N–H and O–H groups in total. The topological polar surface area (TPSA) is 97.3 Å². The number of rotatable bonds is 5. The van der Waals surface area contributed by atoms with Crippen LogP contribution in [0.4, 0.5) is 11.4 Å². The number of anilines is 2. The van der Waals surface area contributed by atoms with Gasteiger partial charge >= 0.3 is 4.87 Å². The van der Waals surface area contributed by atoms with Gasteiger partial charge in [-0.1, -0.05) is 35.1 Å². The third kappa shape index (κ3) is 4.17. The van der Waals surface area contributed by atoms with Crippen LogP contribution in [0.1, 0.15) is 21.5 Å². The Hall–Kier alpha value is -3.43. The number of benzene rings is 3. The highest BCUT2D eigenvalue weighted by Gasteiger charge is 2.18. The van der Waals surface area contributed by atoms with E-state index in [2.05, 4.69) is 10.0 Å². The maximum Gasteiger partial charge on any atom is 0.307 e. The quantitative estimate of drug-likeness (QED) is 0.458. The highest BCUT2D eigenvalue weighted by Crippen LogP contribution is 2.25. The molecule has 0 saturated carbocycles.